The molecule has 0 spiro atoms. The summed E-state index contributed by atoms with van der Waals surface area (Å²) in [5.74, 6) is 0.149. The summed E-state index contributed by atoms with van der Waals surface area (Å²) >= 11 is 0. The van der Waals surface area contributed by atoms with Crippen LogP contribution in [0, 0.1) is 0 Å². The Kier molecular flexibility index (Phi) is 4.16. The van der Waals surface area contributed by atoms with Crippen molar-refractivity contribution in [3.8, 4) is 0 Å². The van der Waals surface area contributed by atoms with Gasteiger partial charge in [0, 0.05) is 26.7 Å². The van der Waals surface area contributed by atoms with E-state index in [0.29, 0.717) is 0 Å². The molecule has 0 unspecified atom stereocenters. The Morgan fingerprint density at radius 3 is 2.80 bits per heavy atom. The van der Waals surface area contributed by atoms with E-state index in [9.17, 15) is 4.79 Å². The van der Waals surface area contributed by atoms with Crippen LogP contribution in [0.1, 0.15) is 27.2 Å². The summed E-state index contributed by atoms with van der Waals surface area (Å²) in [5.41, 5.74) is 1.47. The van der Waals surface area contributed by atoms with E-state index in [2.05, 4.69) is 28.2 Å². The number of hydrogen-bond acceptors (Lipinski definition) is 4. The molecule has 1 saturated heterocycles. The minimum atomic E-state index is -0.530. The van der Waals surface area contributed by atoms with Gasteiger partial charge in [0.15, 0.2) is 0 Å². The second-order valence-electron chi connectivity index (χ2n) is 5.80. The number of nitrogens with one attached hydrogen (secondary N) is 1. The minimum absolute atomic E-state index is 0.149. The number of carbonyl (C=O) groups excluding carboxylic acids is 1. The Hall–Kier alpha value is -1.78. The number of nitrogens with zero attached hydrogens (tertiary/aromatic N) is 3. The Labute approximate surface area is 121 Å². The quantitative estimate of drug-likeness (QED) is 0.913. The number of rotatable bonds is 4. The van der Waals surface area contributed by atoms with Crippen LogP contribution in [0.3, 0.4) is 0 Å². The molecule has 0 atom stereocenters. The minimum Gasteiger partial charge on any atom is -0.384 e. The molecule has 2 rings (SSSR count). The van der Waals surface area contributed by atoms with Gasteiger partial charge in [0.25, 0.3) is 0 Å². The van der Waals surface area contributed by atoms with Crippen molar-refractivity contribution in [1.82, 2.24) is 9.88 Å². The summed E-state index contributed by atoms with van der Waals surface area (Å²) in [6, 6.07) is 2.07. The molecule has 2 heterocycles. The van der Waals surface area contributed by atoms with Gasteiger partial charge in [-0.05, 0) is 26.3 Å². The number of pyridine rings is 1. The molecule has 20 heavy (non-hydrogen) atoms. The van der Waals surface area contributed by atoms with Crippen molar-refractivity contribution in [2.24, 2.45) is 0 Å². The Morgan fingerprint density at radius 1 is 1.35 bits per heavy atom. The third-order valence-corrected chi connectivity index (χ3v) is 3.82. The molecule has 5 heteroatoms. The number of piperazine rings is 1. The molecule has 5 nitrogen and oxygen atoms in total. The topological polar surface area (TPSA) is 48.5 Å². The molecule has 1 aromatic rings. The first kappa shape index (κ1) is 14.6. The second-order valence-corrected chi connectivity index (χ2v) is 5.80. The van der Waals surface area contributed by atoms with E-state index in [1.165, 1.54) is 0 Å². The molecule has 1 amide bonds. The van der Waals surface area contributed by atoms with E-state index in [-0.39, 0.29) is 5.91 Å². The largest absolute Gasteiger partial charge is 0.384 e. The highest BCUT2D eigenvalue weighted by Gasteiger charge is 2.40. The first-order valence-corrected chi connectivity index (χ1v) is 7.19. The van der Waals surface area contributed by atoms with Gasteiger partial charge in [0.2, 0.25) is 5.91 Å². The van der Waals surface area contributed by atoms with Crippen LogP contribution in [0.2, 0.25) is 0 Å². The first-order chi connectivity index (χ1) is 9.46. The summed E-state index contributed by atoms with van der Waals surface area (Å²) in [7, 11) is 1.86. The Bertz CT molecular complexity index is 487. The average Bonchev–Trinajstić information content (AvgIpc) is 2.43. The summed E-state index contributed by atoms with van der Waals surface area (Å²) in [6.45, 7) is 8.57. The molecule has 0 aromatic carbocycles. The zero-order valence-electron chi connectivity index (χ0n) is 12.8. The van der Waals surface area contributed by atoms with E-state index in [1.54, 1.807) is 4.90 Å². The standard InChI is InChI=1S/C15H24N4O/c1-5-6-17-12-9-13(11-16-10-12)19-8-7-18(4)14(20)15(19,2)3/h9-11,17H,5-8H2,1-4H3. The average molecular weight is 276 g/mol. The van der Waals surface area contributed by atoms with E-state index in [0.717, 1.165) is 37.4 Å². The van der Waals surface area contributed by atoms with Crippen molar-refractivity contribution in [2.75, 3.05) is 36.9 Å². The van der Waals surface area contributed by atoms with Crippen molar-refractivity contribution in [2.45, 2.75) is 32.7 Å². The van der Waals surface area contributed by atoms with Crippen molar-refractivity contribution in [3.63, 3.8) is 0 Å². The zero-order valence-corrected chi connectivity index (χ0v) is 12.8. The SMILES string of the molecule is CCCNc1cncc(N2CCN(C)C(=O)C2(C)C)c1. The van der Waals surface area contributed by atoms with Crippen molar-refractivity contribution >= 4 is 17.3 Å². The highest BCUT2D eigenvalue weighted by Crippen LogP contribution is 2.29. The molecular weight excluding hydrogens is 252 g/mol. The number of carbonyl (C=O) groups is 1. The van der Waals surface area contributed by atoms with Crippen LogP contribution >= 0.6 is 0 Å². The number of hydrogen-bond donors (Lipinski definition) is 1. The monoisotopic (exact) mass is 276 g/mol. The van der Waals surface area contributed by atoms with Gasteiger partial charge in [-0.2, -0.15) is 0 Å². The number of amides is 1. The molecule has 0 radical (unpaired) electrons. The molecule has 0 bridgehead atoms. The lowest BCUT2D eigenvalue weighted by Gasteiger charge is -2.46. The smallest absolute Gasteiger partial charge is 0.247 e. The fourth-order valence-electron chi connectivity index (χ4n) is 2.61. The van der Waals surface area contributed by atoms with Gasteiger partial charge in [-0.1, -0.05) is 6.92 Å². The lowest BCUT2D eigenvalue weighted by molar-refractivity contribution is -0.136. The fourth-order valence-corrected chi connectivity index (χ4v) is 2.61. The van der Waals surface area contributed by atoms with Crippen LogP contribution in [0.5, 0.6) is 0 Å². The van der Waals surface area contributed by atoms with Gasteiger partial charge in [-0.3, -0.25) is 9.78 Å². The van der Waals surface area contributed by atoms with Crippen LogP contribution in [0.15, 0.2) is 18.5 Å². The third-order valence-electron chi connectivity index (χ3n) is 3.82. The fraction of sp³-hybridized carbons (Fsp3) is 0.600. The number of aromatic nitrogens is 1. The summed E-state index contributed by atoms with van der Waals surface area (Å²) in [6.07, 6.45) is 4.73. The maximum atomic E-state index is 12.3. The highest BCUT2D eigenvalue weighted by atomic mass is 16.2. The molecule has 1 aliphatic rings. The predicted molar refractivity (Wildman–Crippen MR) is 82.1 cm³/mol. The van der Waals surface area contributed by atoms with Crippen LogP contribution in [0.25, 0.3) is 0 Å². The lowest BCUT2D eigenvalue weighted by atomic mass is 9.97. The van der Waals surface area contributed by atoms with Gasteiger partial charge in [-0.25, -0.2) is 0 Å². The summed E-state index contributed by atoms with van der Waals surface area (Å²) in [4.78, 5) is 20.6. The normalized spacial score (nSPS) is 18.3. The summed E-state index contributed by atoms with van der Waals surface area (Å²) in [5, 5.41) is 3.34. The molecule has 1 N–H and O–H groups in total. The van der Waals surface area contributed by atoms with Crippen LogP contribution in [-0.2, 0) is 4.79 Å². The number of anilines is 2. The first-order valence-electron chi connectivity index (χ1n) is 7.19. The van der Waals surface area contributed by atoms with Crippen LogP contribution in [0.4, 0.5) is 11.4 Å². The molecule has 110 valence electrons. The molecule has 1 aromatic heterocycles. The summed E-state index contributed by atoms with van der Waals surface area (Å²) < 4.78 is 0. The lowest BCUT2D eigenvalue weighted by Crippen LogP contribution is -2.62. The van der Waals surface area contributed by atoms with Crippen LogP contribution < -0.4 is 10.2 Å². The van der Waals surface area contributed by atoms with Gasteiger partial charge in [-0.15, -0.1) is 0 Å². The van der Waals surface area contributed by atoms with E-state index < -0.39 is 5.54 Å². The highest BCUT2D eigenvalue weighted by molar-refractivity contribution is 5.90. The number of likely N-dealkylation sites (N-methyl/N-ethyl adjacent to an activating group) is 1. The van der Waals surface area contributed by atoms with E-state index in [4.69, 9.17) is 0 Å². The molecule has 1 fully saturated rings. The van der Waals surface area contributed by atoms with E-state index >= 15 is 0 Å². The molecule has 0 saturated carbocycles. The van der Waals surface area contributed by atoms with Crippen molar-refractivity contribution < 1.29 is 4.79 Å². The van der Waals surface area contributed by atoms with Gasteiger partial charge in [0.05, 0.1) is 23.8 Å². The van der Waals surface area contributed by atoms with Gasteiger partial charge < -0.3 is 15.1 Å². The molecule has 0 aliphatic carbocycles. The van der Waals surface area contributed by atoms with Crippen molar-refractivity contribution in [3.05, 3.63) is 18.5 Å². The van der Waals surface area contributed by atoms with Gasteiger partial charge >= 0.3 is 0 Å². The zero-order chi connectivity index (χ0) is 14.8. The van der Waals surface area contributed by atoms with E-state index in [1.807, 2.05) is 33.3 Å². The Balaban J connectivity index is 2.24. The second kappa shape index (κ2) is 5.69. The maximum Gasteiger partial charge on any atom is 0.247 e. The molecular formula is C15H24N4O. The van der Waals surface area contributed by atoms with Crippen LogP contribution in [-0.4, -0.2) is 48.0 Å². The maximum absolute atomic E-state index is 12.3. The van der Waals surface area contributed by atoms with Crippen molar-refractivity contribution in [1.29, 1.82) is 0 Å². The molecule has 1 aliphatic heterocycles. The Morgan fingerprint density at radius 2 is 2.10 bits per heavy atom. The third kappa shape index (κ3) is 2.71. The van der Waals surface area contributed by atoms with Gasteiger partial charge in [0.1, 0.15) is 5.54 Å². The predicted octanol–water partition coefficient (Wildman–Crippen LogP) is 1.96.